The number of hydrogen-bond acceptors (Lipinski definition) is 4. The molecule has 4 heteroatoms. The number of ether oxygens (including phenoxy) is 1. The van der Waals surface area contributed by atoms with Crippen molar-refractivity contribution in [1.82, 2.24) is 4.98 Å². The minimum atomic E-state index is 0.186. The summed E-state index contributed by atoms with van der Waals surface area (Å²) in [4.78, 5) is 6.84. The minimum Gasteiger partial charge on any atom is -0.375 e. The fourth-order valence-corrected chi connectivity index (χ4v) is 2.27. The van der Waals surface area contributed by atoms with E-state index in [9.17, 15) is 0 Å². The van der Waals surface area contributed by atoms with Crippen LogP contribution in [0.1, 0.15) is 25.8 Å². The van der Waals surface area contributed by atoms with Crippen LogP contribution >= 0.6 is 0 Å². The number of nitrogens with zero attached hydrogens (tertiary/aromatic N) is 2. The van der Waals surface area contributed by atoms with Crippen LogP contribution in [0.25, 0.3) is 0 Å². The minimum absolute atomic E-state index is 0.186. The van der Waals surface area contributed by atoms with Crippen molar-refractivity contribution in [1.29, 1.82) is 0 Å². The largest absolute Gasteiger partial charge is 0.375 e. The van der Waals surface area contributed by atoms with Gasteiger partial charge in [-0.2, -0.15) is 0 Å². The number of morpholine rings is 1. The second-order valence-corrected chi connectivity index (χ2v) is 5.05. The van der Waals surface area contributed by atoms with Crippen molar-refractivity contribution in [3.8, 4) is 0 Å². The standard InChI is InChI=1S/C14H23N3O/c1-3-13-10-17(6-7-18-13)14-5-4-12(9-16-14)8-11(2)15/h4-5,9,11,13H,3,6-8,10,15H2,1-2H3. The maximum atomic E-state index is 5.79. The predicted octanol–water partition coefficient (Wildman–Crippen LogP) is 1.59. The van der Waals surface area contributed by atoms with Gasteiger partial charge in [-0.3, -0.25) is 0 Å². The first-order valence-corrected chi connectivity index (χ1v) is 6.76. The van der Waals surface area contributed by atoms with Crippen molar-refractivity contribution in [2.75, 3.05) is 24.6 Å². The van der Waals surface area contributed by atoms with E-state index in [1.165, 1.54) is 5.56 Å². The highest BCUT2D eigenvalue weighted by atomic mass is 16.5. The Morgan fingerprint density at radius 1 is 1.56 bits per heavy atom. The fraction of sp³-hybridized carbons (Fsp3) is 0.643. The lowest BCUT2D eigenvalue weighted by atomic mass is 10.1. The first-order valence-electron chi connectivity index (χ1n) is 6.76. The van der Waals surface area contributed by atoms with Crippen LogP contribution in [0.5, 0.6) is 0 Å². The lowest BCUT2D eigenvalue weighted by Gasteiger charge is -2.33. The lowest BCUT2D eigenvalue weighted by molar-refractivity contribution is 0.0381. The lowest BCUT2D eigenvalue weighted by Crippen LogP contribution is -2.42. The summed E-state index contributed by atoms with van der Waals surface area (Å²) in [6, 6.07) is 4.41. The predicted molar refractivity (Wildman–Crippen MR) is 73.8 cm³/mol. The Labute approximate surface area is 109 Å². The van der Waals surface area contributed by atoms with Gasteiger partial charge in [0.1, 0.15) is 5.82 Å². The molecule has 1 aliphatic heterocycles. The number of hydrogen-bond donors (Lipinski definition) is 1. The van der Waals surface area contributed by atoms with Gasteiger partial charge in [-0.1, -0.05) is 13.0 Å². The van der Waals surface area contributed by atoms with E-state index in [0.29, 0.717) is 6.10 Å². The van der Waals surface area contributed by atoms with Crippen LogP contribution in [-0.4, -0.2) is 36.8 Å². The van der Waals surface area contributed by atoms with Crippen molar-refractivity contribution >= 4 is 5.82 Å². The first-order chi connectivity index (χ1) is 8.69. The summed E-state index contributed by atoms with van der Waals surface area (Å²) in [5.74, 6) is 1.05. The Kier molecular flexibility index (Phi) is 4.55. The third-order valence-corrected chi connectivity index (χ3v) is 3.28. The summed E-state index contributed by atoms with van der Waals surface area (Å²) < 4.78 is 5.67. The molecule has 100 valence electrons. The molecular formula is C14H23N3O. The molecule has 2 unspecified atom stereocenters. The molecular weight excluding hydrogens is 226 g/mol. The van der Waals surface area contributed by atoms with Crippen molar-refractivity contribution in [3.05, 3.63) is 23.9 Å². The van der Waals surface area contributed by atoms with E-state index in [2.05, 4.69) is 28.9 Å². The van der Waals surface area contributed by atoms with Gasteiger partial charge in [0.15, 0.2) is 0 Å². The number of anilines is 1. The van der Waals surface area contributed by atoms with E-state index in [0.717, 1.165) is 38.4 Å². The van der Waals surface area contributed by atoms with Gasteiger partial charge in [-0.15, -0.1) is 0 Å². The quantitative estimate of drug-likeness (QED) is 0.880. The molecule has 1 saturated heterocycles. The Morgan fingerprint density at radius 3 is 3.00 bits per heavy atom. The Morgan fingerprint density at radius 2 is 2.39 bits per heavy atom. The van der Waals surface area contributed by atoms with Crippen molar-refractivity contribution < 1.29 is 4.74 Å². The molecule has 0 aliphatic carbocycles. The molecule has 1 aromatic rings. The van der Waals surface area contributed by atoms with E-state index < -0.39 is 0 Å². The molecule has 18 heavy (non-hydrogen) atoms. The van der Waals surface area contributed by atoms with Gasteiger partial charge >= 0.3 is 0 Å². The van der Waals surface area contributed by atoms with E-state index in [4.69, 9.17) is 10.5 Å². The zero-order chi connectivity index (χ0) is 13.0. The maximum Gasteiger partial charge on any atom is 0.128 e. The summed E-state index contributed by atoms with van der Waals surface area (Å²) in [5.41, 5.74) is 6.99. The summed E-state index contributed by atoms with van der Waals surface area (Å²) in [7, 11) is 0. The van der Waals surface area contributed by atoms with E-state index in [1.54, 1.807) is 0 Å². The number of pyridine rings is 1. The first kappa shape index (κ1) is 13.3. The highest BCUT2D eigenvalue weighted by molar-refractivity contribution is 5.40. The van der Waals surface area contributed by atoms with Crippen molar-refractivity contribution in [2.24, 2.45) is 5.73 Å². The van der Waals surface area contributed by atoms with Gasteiger partial charge in [0.25, 0.3) is 0 Å². The van der Waals surface area contributed by atoms with Crippen LogP contribution in [0.3, 0.4) is 0 Å². The Bertz CT molecular complexity index is 364. The molecule has 0 aromatic carbocycles. The molecule has 4 nitrogen and oxygen atoms in total. The third kappa shape index (κ3) is 3.43. The van der Waals surface area contributed by atoms with E-state index in [-0.39, 0.29) is 6.04 Å². The van der Waals surface area contributed by atoms with Crippen molar-refractivity contribution in [3.63, 3.8) is 0 Å². The molecule has 0 spiro atoms. The number of aromatic nitrogens is 1. The summed E-state index contributed by atoms with van der Waals surface area (Å²) in [6.07, 6.45) is 4.21. The maximum absolute atomic E-state index is 5.79. The van der Waals surface area contributed by atoms with Gasteiger partial charge < -0.3 is 15.4 Å². The van der Waals surface area contributed by atoms with Crippen LogP contribution in [0.15, 0.2) is 18.3 Å². The topological polar surface area (TPSA) is 51.4 Å². The zero-order valence-corrected chi connectivity index (χ0v) is 11.3. The van der Waals surface area contributed by atoms with Gasteiger partial charge in [-0.25, -0.2) is 4.98 Å². The second-order valence-electron chi connectivity index (χ2n) is 5.05. The molecule has 0 radical (unpaired) electrons. The monoisotopic (exact) mass is 249 g/mol. The van der Waals surface area contributed by atoms with Crippen LogP contribution in [0.4, 0.5) is 5.82 Å². The molecule has 1 aromatic heterocycles. The molecule has 2 heterocycles. The SMILES string of the molecule is CCC1CN(c2ccc(CC(C)N)cn2)CCO1. The fourth-order valence-electron chi connectivity index (χ4n) is 2.27. The van der Waals surface area contributed by atoms with E-state index in [1.807, 2.05) is 13.1 Å². The highest BCUT2D eigenvalue weighted by Crippen LogP contribution is 2.17. The molecule has 0 bridgehead atoms. The van der Waals surface area contributed by atoms with Crippen LogP contribution in [-0.2, 0) is 11.2 Å². The molecule has 1 fully saturated rings. The Balaban J connectivity index is 2.00. The smallest absolute Gasteiger partial charge is 0.128 e. The molecule has 1 aliphatic rings. The number of rotatable bonds is 4. The third-order valence-electron chi connectivity index (χ3n) is 3.28. The summed E-state index contributed by atoms with van der Waals surface area (Å²) in [6.45, 7) is 6.84. The average Bonchev–Trinajstić information content (AvgIpc) is 2.39. The molecule has 0 amide bonds. The van der Waals surface area contributed by atoms with Gasteiger partial charge in [-0.05, 0) is 31.4 Å². The summed E-state index contributed by atoms with van der Waals surface area (Å²) >= 11 is 0. The van der Waals surface area contributed by atoms with E-state index >= 15 is 0 Å². The van der Waals surface area contributed by atoms with Gasteiger partial charge in [0.2, 0.25) is 0 Å². The van der Waals surface area contributed by atoms with Gasteiger partial charge in [0.05, 0.1) is 12.7 Å². The summed E-state index contributed by atoms with van der Waals surface area (Å²) in [5, 5.41) is 0. The zero-order valence-electron chi connectivity index (χ0n) is 11.3. The Hall–Kier alpha value is -1.13. The van der Waals surface area contributed by atoms with Crippen LogP contribution in [0.2, 0.25) is 0 Å². The van der Waals surface area contributed by atoms with Crippen LogP contribution in [0, 0.1) is 0 Å². The highest BCUT2D eigenvalue weighted by Gasteiger charge is 2.19. The normalized spacial score (nSPS) is 21.9. The van der Waals surface area contributed by atoms with Crippen molar-refractivity contribution in [2.45, 2.75) is 38.8 Å². The molecule has 2 N–H and O–H groups in total. The average molecular weight is 249 g/mol. The van der Waals surface area contributed by atoms with Gasteiger partial charge in [0, 0.05) is 25.3 Å². The molecule has 0 saturated carbocycles. The molecule has 2 atom stereocenters. The number of nitrogens with two attached hydrogens (primary N) is 1. The van der Waals surface area contributed by atoms with Crippen LogP contribution < -0.4 is 10.6 Å². The second kappa shape index (κ2) is 6.16. The molecule has 2 rings (SSSR count).